The van der Waals surface area contributed by atoms with Crippen LogP contribution in [0, 0.1) is 5.41 Å². The summed E-state index contributed by atoms with van der Waals surface area (Å²) in [5.74, 6) is 0. The predicted octanol–water partition coefficient (Wildman–Crippen LogP) is 0.707. The number of rotatable bonds is 8. The molecule has 0 amide bonds. The van der Waals surface area contributed by atoms with Gasteiger partial charge in [-0.15, -0.1) is 0 Å². The van der Waals surface area contributed by atoms with Crippen molar-refractivity contribution in [1.82, 2.24) is 10.2 Å². The van der Waals surface area contributed by atoms with Crippen LogP contribution >= 0.6 is 0 Å². The molecule has 4 heteroatoms. The third-order valence-corrected chi connectivity index (χ3v) is 3.32. The summed E-state index contributed by atoms with van der Waals surface area (Å²) in [4.78, 5) is 2.44. The second-order valence-electron chi connectivity index (χ2n) is 5.62. The van der Waals surface area contributed by atoms with Crippen molar-refractivity contribution in [2.45, 2.75) is 26.7 Å². The summed E-state index contributed by atoms with van der Waals surface area (Å²) >= 11 is 0. The average molecular weight is 244 g/mol. The fraction of sp³-hybridized carbons (Fsp3) is 1.00. The van der Waals surface area contributed by atoms with Crippen LogP contribution in [-0.2, 0) is 4.74 Å². The van der Waals surface area contributed by atoms with Gasteiger partial charge in [-0.3, -0.25) is 4.90 Å². The third kappa shape index (κ3) is 6.99. The molecule has 0 unspecified atom stereocenters. The lowest BCUT2D eigenvalue weighted by Gasteiger charge is -2.28. The molecular formula is C13H28N2O2. The van der Waals surface area contributed by atoms with Gasteiger partial charge in [-0.25, -0.2) is 0 Å². The van der Waals surface area contributed by atoms with Crippen LogP contribution in [0.2, 0.25) is 0 Å². The Balaban J connectivity index is 2.02. The molecular weight excluding hydrogens is 216 g/mol. The zero-order valence-electron chi connectivity index (χ0n) is 11.4. The van der Waals surface area contributed by atoms with Gasteiger partial charge in [-0.1, -0.05) is 13.8 Å². The lowest BCUT2D eigenvalue weighted by molar-refractivity contribution is 0.0381. The fourth-order valence-electron chi connectivity index (χ4n) is 2.13. The van der Waals surface area contributed by atoms with Gasteiger partial charge in [0.15, 0.2) is 0 Å². The van der Waals surface area contributed by atoms with Gasteiger partial charge in [0.25, 0.3) is 0 Å². The lowest BCUT2D eigenvalue weighted by Crippen LogP contribution is -2.41. The number of nitrogens with zero attached hydrogens (tertiary/aromatic N) is 1. The molecule has 1 aliphatic rings. The Morgan fingerprint density at radius 3 is 2.65 bits per heavy atom. The van der Waals surface area contributed by atoms with Crippen molar-refractivity contribution in [1.29, 1.82) is 0 Å². The van der Waals surface area contributed by atoms with Crippen molar-refractivity contribution in [2.24, 2.45) is 5.41 Å². The Morgan fingerprint density at radius 1 is 1.29 bits per heavy atom. The average Bonchev–Trinajstić information content (AvgIpc) is 2.34. The van der Waals surface area contributed by atoms with Crippen LogP contribution in [0.15, 0.2) is 0 Å². The Kier molecular flexibility index (Phi) is 7.04. The first kappa shape index (κ1) is 14.9. The van der Waals surface area contributed by atoms with E-state index in [0.29, 0.717) is 6.61 Å². The van der Waals surface area contributed by atoms with Crippen molar-refractivity contribution in [3.63, 3.8) is 0 Å². The molecule has 0 aromatic carbocycles. The maximum absolute atomic E-state index is 8.83. The van der Waals surface area contributed by atoms with E-state index in [0.717, 1.165) is 58.8 Å². The minimum atomic E-state index is 0.285. The van der Waals surface area contributed by atoms with E-state index in [9.17, 15) is 0 Å². The van der Waals surface area contributed by atoms with Crippen molar-refractivity contribution in [2.75, 3.05) is 52.5 Å². The summed E-state index contributed by atoms with van der Waals surface area (Å²) in [6.07, 6.45) is 1.98. The zero-order valence-corrected chi connectivity index (χ0v) is 11.4. The molecule has 1 rings (SSSR count). The summed E-state index contributed by atoms with van der Waals surface area (Å²) in [5, 5.41) is 12.4. The summed E-state index contributed by atoms with van der Waals surface area (Å²) in [7, 11) is 0. The first-order chi connectivity index (χ1) is 8.14. The molecule has 0 saturated carbocycles. The number of nitrogens with one attached hydrogen (secondary N) is 1. The van der Waals surface area contributed by atoms with Crippen molar-refractivity contribution < 1.29 is 9.84 Å². The Hall–Kier alpha value is -0.160. The number of hydrogen-bond donors (Lipinski definition) is 2. The van der Waals surface area contributed by atoms with E-state index >= 15 is 0 Å². The highest BCUT2D eigenvalue weighted by atomic mass is 16.5. The molecule has 0 aliphatic carbocycles. The molecule has 0 radical (unpaired) electrons. The molecule has 0 spiro atoms. The Morgan fingerprint density at radius 2 is 2.00 bits per heavy atom. The molecule has 0 atom stereocenters. The van der Waals surface area contributed by atoms with E-state index in [1.807, 2.05) is 0 Å². The quantitative estimate of drug-likeness (QED) is 0.617. The molecule has 1 aliphatic heterocycles. The van der Waals surface area contributed by atoms with Crippen molar-refractivity contribution in [3.05, 3.63) is 0 Å². The van der Waals surface area contributed by atoms with E-state index in [1.54, 1.807) is 0 Å². The first-order valence-corrected chi connectivity index (χ1v) is 6.76. The third-order valence-electron chi connectivity index (χ3n) is 3.32. The summed E-state index contributed by atoms with van der Waals surface area (Å²) in [6.45, 7) is 11.9. The normalized spacial score (nSPS) is 18.5. The van der Waals surface area contributed by atoms with Crippen LogP contribution < -0.4 is 5.32 Å². The minimum Gasteiger partial charge on any atom is -0.396 e. The Bertz CT molecular complexity index is 192. The van der Waals surface area contributed by atoms with E-state index in [2.05, 4.69) is 24.1 Å². The summed E-state index contributed by atoms with van der Waals surface area (Å²) < 4.78 is 5.32. The van der Waals surface area contributed by atoms with Gasteiger partial charge in [0.2, 0.25) is 0 Å². The molecule has 1 fully saturated rings. The molecule has 0 bridgehead atoms. The van der Waals surface area contributed by atoms with Gasteiger partial charge < -0.3 is 15.2 Å². The van der Waals surface area contributed by atoms with Gasteiger partial charge in [0.1, 0.15) is 0 Å². The van der Waals surface area contributed by atoms with Crippen LogP contribution in [0.5, 0.6) is 0 Å². The highest BCUT2D eigenvalue weighted by Crippen LogP contribution is 2.20. The maximum Gasteiger partial charge on any atom is 0.0594 e. The molecule has 1 saturated heterocycles. The van der Waals surface area contributed by atoms with Gasteiger partial charge in [-0.05, 0) is 18.3 Å². The standard InChI is InChI=1S/C13H28N2O2/c1-13(2,4-3-9-16)12-14-5-6-15-7-10-17-11-8-15/h14,16H,3-12H2,1-2H3. The molecule has 4 nitrogen and oxygen atoms in total. The topological polar surface area (TPSA) is 44.7 Å². The second-order valence-corrected chi connectivity index (χ2v) is 5.62. The minimum absolute atomic E-state index is 0.285. The van der Waals surface area contributed by atoms with E-state index in [-0.39, 0.29) is 5.41 Å². The van der Waals surface area contributed by atoms with Crippen LogP contribution in [0.4, 0.5) is 0 Å². The second kappa shape index (κ2) is 8.03. The van der Waals surface area contributed by atoms with E-state index in [1.165, 1.54) is 0 Å². The number of morpholine rings is 1. The lowest BCUT2D eigenvalue weighted by atomic mass is 9.88. The van der Waals surface area contributed by atoms with Crippen LogP contribution in [0.3, 0.4) is 0 Å². The zero-order chi connectivity index (χ0) is 12.6. The fourth-order valence-corrected chi connectivity index (χ4v) is 2.13. The number of aliphatic hydroxyl groups is 1. The molecule has 1 heterocycles. The Labute approximate surface area is 105 Å². The highest BCUT2D eigenvalue weighted by Gasteiger charge is 2.16. The first-order valence-electron chi connectivity index (χ1n) is 6.76. The van der Waals surface area contributed by atoms with Crippen LogP contribution in [0.25, 0.3) is 0 Å². The van der Waals surface area contributed by atoms with Crippen molar-refractivity contribution in [3.8, 4) is 0 Å². The van der Waals surface area contributed by atoms with Crippen LogP contribution in [-0.4, -0.2) is 62.6 Å². The van der Waals surface area contributed by atoms with Gasteiger partial charge >= 0.3 is 0 Å². The van der Waals surface area contributed by atoms with Gasteiger partial charge in [-0.2, -0.15) is 0 Å². The van der Waals surface area contributed by atoms with E-state index < -0.39 is 0 Å². The van der Waals surface area contributed by atoms with Crippen LogP contribution in [0.1, 0.15) is 26.7 Å². The summed E-state index contributed by atoms with van der Waals surface area (Å²) in [5.41, 5.74) is 0.285. The highest BCUT2D eigenvalue weighted by molar-refractivity contribution is 4.72. The smallest absolute Gasteiger partial charge is 0.0594 e. The predicted molar refractivity (Wildman–Crippen MR) is 70.2 cm³/mol. The monoisotopic (exact) mass is 244 g/mol. The molecule has 102 valence electrons. The SMILES string of the molecule is CC(C)(CCCO)CNCCN1CCOCC1. The van der Waals surface area contributed by atoms with Gasteiger partial charge in [0.05, 0.1) is 13.2 Å². The summed E-state index contributed by atoms with van der Waals surface area (Å²) in [6, 6.07) is 0. The van der Waals surface area contributed by atoms with Gasteiger partial charge in [0, 0.05) is 39.3 Å². The number of hydrogen-bond acceptors (Lipinski definition) is 4. The molecule has 2 N–H and O–H groups in total. The largest absolute Gasteiger partial charge is 0.396 e. The number of aliphatic hydroxyl groups excluding tert-OH is 1. The molecule has 0 aromatic heterocycles. The maximum atomic E-state index is 8.83. The van der Waals surface area contributed by atoms with Crippen molar-refractivity contribution >= 4 is 0 Å². The molecule has 17 heavy (non-hydrogen) atoms. The molecule has 0 aromatic rings. The number of ether oxygens (including phenoxy) is 1. The van der Waals surface area contributed by atoms with E-state index in [4.69, 9.17) is 9.84 Å².